The molecular formula is C14H17F4N. The maximum atomic E-state index is 13.2. The van der Waals surface area contributed by atoms with Crippen molar-refractivity contribution in [2.75, 3.05) is 0 Å². The number of hydrogen-bond donors (Lipinski definition) is 1. The third kappa shape index (κ3) is 3.93. The number of alkyl halides is 3. The first-order chi connectivity index (χ1) is 8.84. The largest absolute Gasteiger partial charge is 0.416 e. The summed E-state index contributed by atoms with van der Waals surface area (Å²) in [6, 6.07) is 3.02. The number of hydrogen-bond acceptors (Lipinski definition) is 1. The minimum absolute atomic E-state index is 0.276. The molecule has 1 aliphatic carbocycles. The first kappa shape index (κ1) is 14.3. The SMILES string of the molecule is CC1CCC(NCc2cc(F)cc(C(F)(F)F)c2)C1. The molecule has 2 atom stereocenters. The zero-order valence-corrected chi connectivity index (χ0v) is 10.7. The Hall–Kier alpha value is -1.10. The first-order valence-corrected chi connectivity index (χ1v) is 6.44. The summed E-state index contributed by atoms with van der Waals surface area (Å²) in [7, 11) is 0. The van der Waals surface area contributed by atoms with Crippen LogP contribution in [0.2, 0.25) is 0 Å². The third-order valence-corrected chi connectivity index (χ3v) is 3.57. The third-order valence-electron chi connectivity index (χ3n) is 3.57. The van der Waals surface area contributed by atoms with E-state index in [0.29, 0.717) is 23.6 Å². The van der Waals surface area contributed by atoms with Crippen molar-refractivity contribution >= 4 is 0 Å². The van der Waals surface area contributed by atoms with Crippen LogP contribution in [0.3, 0.4) is 0 Å². The molecule has 0 saturated heterocycles. The van der Waals surface area contributed by atoms with E-state index in [-0.39, 0.29) is 6.54 Å². The van der Waals surface area contributed by atoms with Crippen LogP contribution < -0.4 is 5.32 Å². The molecule has 0 spiro atoms. The number of benzene rings is 1. The van der Waals surface area contributed by atoms with Crippen LogP contribution in [0.5, 0.6) is 0 Å². The molecule has 1 fully saturated rings. The first-order valence-electron chi connectivity index (χ1n) is 6.44. The molecular weight excluding hydrogens is 258 g/mol. The quantitative estimate of drug-likeness (QED) is 0.818. The molecule has 1 saturated carbocycles. The van der Waals surface area contributed by atoms with Crippen molar-refractivity contribution in [2.45, 2.75) is 44.9 Å². The fourth-order valence-corrected chi connectivity index (χ4v) is 2.57. The van der Waals surface area contributed by atoms with Gasteiger partial charge in [-0.2, -0.15) is 13.2 Å². The van der Waals surface area contributed by atoms with Crippen LogP contribution >= 0.6 is 0 Å². The molecule has 1 N–H and O–H groups in total. The molecule has 0 radical (unpaired) electrons. The van der Waals surface area contributed by atoms with Crippen LogP contribution in [0.4, 0.5) is 17.6 Å². The second-order valence-corrected chi connectivity index (χ2v) is 5.34. The van der Waals surface area contributed by atoms with E-state index in [4.69, 9.17) is 0 Å². The Bertz CT molecular complexity index is 442. The van der Waals surface area contributed by atoms with Gasteiger partial charge in [-0.15, -0.1) is 0 Å². The van der Waals surface area contributed by atoms with Crippen LogP contribution in [0.15, 0.2) is 18.2 Å². The van der Waals surface area contributed by atoms with E-state index in [2.05, 4.69) is 12.2 Å². The summed E-state index contributed by atoms with van der Waals surface area (Å²) >= 11 is 0. The molecule has 0 bridgehead atoms. The van der Waals surface area contributed by atoms with Crippen LogP contribution in [-0.4, -0.2) is 6.04 Å². The van der Waals surface area contributed by atoms with E-state index in [0.717, 1.165) is 31.4 Å². The lowest BCUT2D eigenvalue weighted by atomic mass is 10.1. The molecule has 0 aromatic heterocycles. The molecule has 2 unspecified atom stereocenters. The van der Waals surface area contributed by atoms with Gasteiger partial charge in [-0.25, -0.2) is 4.39 Å². The molecule has 106 valence electrons. The summed E-state index contributed by atoms with van der Waals surface area (Å²) in [5, 5.41) is 3.20. The summed E-state index contributed by atoms with van der Waals surface area (Å²) in [5.74, 6) is -0.192. The van der Waals surface area contributed by atoms with Crippen LogP contribution in [0.1, 0.15) is 37.3 Å². The maximum Gasteiger partial charge on any atom is 0.416 e. The summed E-state index contributed by atoms with van der Waals surface area (Å²) in [6.45, 7) is 2.43. The highest BCUT2D eigenvalue weighted by atomic mass is 19.4. The van der Waals surface area contributed by atoms with Gasteiger partial charge >= 0.3 is 6.18 Å². The molecule has 0 aliphatic heterocycles. The van der Waals surface area contributed by atoms with E-state index >= 15 is 0 Å². The average Bonchev–Trinajstić information content (AvgIpc) is 2.71. The Morgan fingerprint density at radius 3 is 2.53 bits per heavy atom. The Morgan fingerprint density at radius 1 is 1.21 bits per heavy atom. The van der Waals surface area contributed by atoms with E-state index in [1.54, 1.807) is 0 Å². The van der Waals surface area contributed by atoms with Gasteiger partial charge in [0.1, 0.15) is 5.82 Å². The van der Waals surface area contributed by atoms with E-state index in [9.17, 15) is 17.6 Å². The normalized spacial score (nSPS) is 23.8. The second-order valence-electron chi connectivity index (χ2n) is 5.34. The average molecular weight is 275 g/mol. The van der Waals surface area contributed by atoms with Crippen molar-refractivity contribution < 1.29 is 17.6 Å². The van der Waals surface area contributed by atoms with Crippen molar-refractivity contribution in [3.63, 3.8) is 0 Å². The highest BCUT2D eigenvalue weighted by Gasteiger charge is 2.31. The highest BCUT2D eigenvalue weighted by Crippen LogP contribution is 2.30. The van der Waals surface area contributed by atoms with Gasteiger partial charge < -0.3 is 5.32 Å². The predicted octanol–water partition coefficient (Wildman–Crippen LogP) is 4.12. The molecule has 2 rings (SSSR count). The lowest BCUT2D eigenvalue weighted by molar-refractivity contribution is -0.137. The van der Waals surface area contributed by atoms with Crippen molar-refractivity contribution in [1.29, 1.82) is 0 Å². The van der Waals surface area contributed by atoms with E-state index in [1.807, 2.05) is 0 Å². The molecule has 5 heteroatoms. The van der Waals surface area contributed by atoms with E-state index < -0.39 is 17.6 Å². The van der Waals surface area contributed by atoms with E-state index in [1.165, 1.54) is 0 Å². The maximum absolute atomic E-state index is 13.2. The lowest BCUT2D eigenvalue weighted by Gasteiger charge is -2.14. The van der Waals surface area contributed by atoms with Crippen molar-refractivity contribution in [3.05, 3.63) is 35.1 Å². The predicted molar refractivity (Wildman–Crippen MR) is 65.0 cm³/mol. The second kappa shape index (κ2) is 5.49. The molecule has 1 aliphatic rings. The number of nitrogens with one attached hydrogen (secondary N) is 1. The number of rotatable bonds is 3. The Morgan fingerprint density at radius 2 is 1.95 bits per heavy atom. The van der Waals surface area contributed by atoms with Gasteiger partial charge in [-0.05, 0) is 48.9 Å². The van der Waals surface area contributed by atoms with Gasteiger partial charge in [-0.3, -0.25) is 0 Å². The number of halogens is 4. The van der Waals surface area contributed by atoms with Gasteiger partial charge in [0.15, 0.2) is 0 Å². The monoisotopic (exact) mass is 275 g/mol. The molecule has 1 nitrogen and oxygen atoms in total. The molecule has 19 heavy (non-hydrogen) atoms. The van der Waals surface area contributed by atoms with Crippen LogP contribution in [0.25, 0.3) is 0 Å². The summed E-state index contributed by atoms with van der Waals surface area (Å²) < 4.78 is 50.9. The summed E-state index contributed by atoms with van der Waals surface area (Å²) in [4.78, 5) is 0. The van der Waals surface area contributed by atoms with Gasteiger partial charge in [0, 0.05) is 12.6 Å². The van der Waals surface area contributed by atoms with Crippen molar-refractivity contribution in [1.82, 2.24) is 5.32 Å². The van der Waals surface area contributed by atoms with Crippen molar-refractivity contribution in [3.8, 4) is 0 Å². The minimum Gasteiger partial charge on any atom is -0.310 e. The Balaban J connectivity index is 2.02. The zero-order valence-electron chi connectivity index (χ0n) is 10.7. The Kier molecular flexibility index (Phi) is 4.13. The fourth-order valence-electron chi connectivity index (χ4n) is 2.57. The molecule has 1 aromatic carbocycles. The molecule has 1 aromatic rings. The Labute approximate surface area is 110 Å². The zero-order chi connectivity index (χ0) is 14.0. The fraction of sp³-hybridized carbons (Fsp3) is 0.571. The van der Waals surface area contributed by atoms with Gasteiger partial charge in [-0.1, -0.05) is 6.92 Å². The topological polar surface area (TPSA) is 12.0 Å². The molecule has 0 amide bonds. The lowest BCUT2D eigenvalue weighted by Crippen LogP contribution is -2.26. The van der Waals surface area contributed by atoms with Gasteiger partial charge in [0.25, 0.3) is 0 Å². The summed E-state index contributed by atoms with van der Waals surface area (Å²) in [5.41, 5.74) is -0.587. The van der Waals surface area contributed by atoms with Crippen LogP contribution in [-0.2, 0) is 12.7 Å². The van der Waals surface area contributed by atoms with Gasteiger partial charge in [0.2, 0.25) is 0 Å². The van der Waals surface area contributed by atoms with Crippen molar-refractivity contribution in [2.24, 2.45) is 5.92 Å². The van der Waals surface area contributed by atoms with Crippen LogP contribution in [0, 0.1) is 11.7 Å². The highest BCUT2D eigenvalue weighted by molar-refractivity contribution is 5.26. The smallest absolute Gasteiger partial charge is 0.310 e. The summed E-state index contributed by atoms with van der Waals surface area (Å²) in [6.07, 6.45) is -1.31. The minimum atomic E-state index is -4.50. The van der Waals surface area contributed by atoms with Gasteiger partial charge in [0.05, 0.1) is 5.56 Å². The molecule has 0 heterocycles. The standard InChI is InChI=1S/C14H17F4N/c1-9-2-3-13(4-9)19-8-10-5-11(14(16,17)18)7-12(15)6-10/h5-7,9,13,19H,2-4,8H2,1H3.